The van der Waals surface area contributed by atoms with E-state index in [1.54, 1.807) is 6.92 Å². The topological polar surface area (TPSA) is 52.3 Å². The molecule has 3 nitrogen and oxygen atoms in total. The summed E-state index contributed by atoms with van der Waals surface area (Å²) in [6.07, 6.45) is -0.100. The van der Waals surface area contributed by atoms with Crippen LogP contribution in [0.1, 0.15) is 24.9 Å². The highest BCUT2D eigenvalue weighted by molar-refractivity contribution is 5.70. The van der Waals surface area contributed by atoms with Crippen LogP contribution in [-0.2, 0) is 9.53 Å². The van der Waals surface area contributed by atoms with Crippen molar-refractivity contribution in [3.63, 3.8) is 0 Å². The van der Waals surface area contributed by atoms with Gasteiger partial charge in [-0.05, 0) is 24.6 Å². The molecule has 1 aromatic carbocycles. The maximum Gasteiger partial charge on any atom is 0.307 e. The monoisotopic (exact) mass is 229 g/mol. The molecular formula is C11H13F2NO2. The molecule has 0 amide bonds. The summed E-state index contributed by atoms with van der Waals surface area (Å²) in [5.74, 6) is -1.91. The van der Waals surface area contributed by atoms with E-state index >= 15 is 0 Å². The smallest absolute Gasteiger partial charge is 0.307 e. The van der Waals surface area contributed by atoms with Crippen molar-refractivity contribution in [1.82, 2.24) is 0 Å². The summed E-state index contributed by atoms with van der Waals surface area (Å²) in [5.41, 5.74) is 5.87. The summed E-state index contributed by atoms with van der Waals surface area (Å²) in [6.45, 7) is 1.92. The minimum Gasteiger partial charge on any atom is -0.466 e. The Labute approximate surface area is 92.2 Å². The fraction of sp³-hybridized carbons (Fsp3) is 0.364. The Morgan fingerprint density at radius 3 is 2.44 bits per heavy atom. The van der Waals surface area contributed by atoms with Crippen LogP contribution in [0.4, 0.5) is 8.78 Å². The highest BCUT2D eigenvalue weighted by Gasteiger charge is 2.14. The molecule has 0 aliphatic carbocycles. The first-order chi connectivity index (χ1) is 7.52. The van der Waals surface area contributed by atoms with Gasteiger partial charge in [-0.3, -0.25) is 4.79 Å². The molecule has 2 N–H and O–H groups in total. The lowest BCUT2D eigenvalue weighted by Gasteiger charge is -2.11. The predicted molar refractivity (Wildman–Crippen MR) is 54.5 cm³/mol. The van der Waals surface area contributed by atoms with E-state index in [2.05, 4.69) is 4.74 Å². The lowest BCUT2D eigenvalue weighted by Crippen LogP contribution is -2.17. The highest BCUT2D eigenvalue weighted by atomic mass is 19.1. The summed E-state index contributed by atoms with van der Waals surface area (Å²) in [4.78, 5) is 11.1. The summed E-state index contributed by atoms with van der Waals surface area (Å²) in [5, 5.41) is 0. The van der Waals surface area contributed by atoms with E-state index in [1.165, 1.54) is 0 Å². The van der Waals surface area contributed by atoms with Crippen LogP contribution in [0.2, 0.25) is 0 Å². The number of esters is 1. The second-order valence-electron chi connectivity index (χ2n) is 3.32. The van der Waals surface area contributed by atoms with Crippen molar-refractivity contribution in [2.45, 2.75) is 19.4 Å². The zero-order chi connectivity index (χ0) is 12.1. The number of carbonyl (C=O) groups excluding carboxylic acids is 1. The summed E-state index contributed by atoms with van der Waals surface area (Å²) >= 11 is 0. The van der Waals surface area contributed by atoms with Gasteiger partial charge in [-0.15, -0.1) is 0 Å². The molecule has 16 heavy (non-hydrogen) atoms. The first-order valence-corrected chi connectivity index (χ1v) is 4.90. The molecule has 0 spiro atoms. The average molecular weight is 229 g/mol. The first kappa shape index (κ1) is 12.6. The van der Waals surface area contributed by atoms with E-state index in [0.29, 0.717) is 0 Å². The van der Waals surface area contributed by atoms with Crippen molar-refractivity contribution in [3.05, 3.63) is 35.4 Å². The van der Waals surface area contributed by atoms with Crippen LogP contribution in [0, 0.1) is 11.6 Å². The van der Waals surface area contributed by atoms with Crippen LogP contribution in [0.3, 0.4) is 0 Å². The van der Waals surface area contributed by atoms with Gasteiger partial charge in [0, 0.05) is 12.1 Å². The van der Waals surface area contributed by atoms with Crippen LogP contribution >= 0.6 is 0 Å². The predicted octanol–water partition coefficient (Wildman–Crippen LogP) is 1.92. The maximum atomic E-state index is 12.9. The SMILES string of the molecule is CCOC(=O)C[C@@H](N)c1cc(F)cc(F)c1. The highest BCUT2D eigenvalue weighted by Crippen LogP contribution is 2.17. The van der Waals surface area contributed by atoms with Crippen molar-refractivity contribution in [1.29, 1.82) is 0 Å². The number of benzene rings is 1. The number of halogens is 2. The lowest BCUT2D eigenvalue weighted by molar-refractivity contribution is -0.143. The van der Waals surface area contributed by atoms with E-state index in [-0.39, 0.29) is 18.6 Å². The Hall–Kier alpha value is -1.49. The molecule has 0 fully saturated rings. The van der Waals surface area contributed by atoms with E-state index in [9.17, 15) is 13.6 Å². The second-order valence-corrected chi connectivity index (χ2v) is 3.32. The van der Waals surface area contributed by atoms with E-state index in [4.69, 9.17) is 5.73 Å². The number of ether oxygens (including phenoxy) is 1. The molecule has 0 aliphatic rings. The quantitative estimate of drug-likeness (QED) is 0.802. The van der Waals surface area contributed by atoms with Crippen LogP contribution in [0.25, 0.3) is 0 Å². The third-order valence-corrected chi connectivity index (χ3v) is 2.00. The third-order valence-electron chi connectivity index (χ3n) is 2.00. The third kappa shape index (κ3) is 3.58. The van der Waals surface area contributed by atoms with Gasteiger partial charge in [0.1, 0.15) is 11.6 Å². The van der Waals surface area contributed by atoms with Gasteiger partial charge in [0.05, 0.1) is 13.0 Å². The molecule has 0 bridgehead atoms. The summed E-state index contributed by atoms with van der Waals surface area (Å²) in [7, 11) is 0. The van der Waals surface area contributed by atoms with Gasteiger partial charge in [0.2, 0.25) is 0 Å². The molecule has 1 aromatic rings. The molecule has 0 aromatic heterocycles. The molecule has 0 radical (unpaired) electrons. The molecule has 88 valence electrons. The molecule has 0 saturated carbocycles. The average Bonchev–Trinajstić information content (AvgIpc) is 2.16. The first-order valence-electron chi connectivity index (χ1n) is 4.90. The Morgan fingerprint density at radius 2 is 1.94 bits per heavy atom. The van der Waals surface area contributed by atoms with Gasteiger partial charge in [0.25, 0.3) is 0 Å². The molecular weight excluding hydrogens is 216 g/mol. The molecule has 0 unspecified atom stereocenters. The largest absolute Gasteiger partial charge is 0.466 e. The fourth-order valence-electron chi connectivity index (χ4n) is 1.31. The van der Waals surface area contributed by atoms with Crippen molar-refractivity contribution in [2.75, 3.05) is 6.61 Å². The minimum absolute atomic E-state index is 0.100. The summed E-state index contributed by atoms with van der Waals surface area (Å²) < 4.78 is 30.4. The normalized spacial score (nSPS) is 12.2. The lowest BCUT2D eigenvalue weighted by atomic mass is 10.0. The van der Waals surface area contributed by atoms with Gasteiger partial charge in [-0.1, -0.05) is 0 Å². The number of hydrogen-bond donors (Lipinski definition) is 1. The maximum absolute atomic E-state index is 12.9. The van der Waals surface area contributed by atoms with Gasteiger partial charge >= 0.3 is 5.97 Å². The van der Waals surface area contributed by atoms with Gasteiger partial charge in [-0.2, -0.15) is 0 Å². The molecule has 5 heteroatoms. The molecule has 0 heterocycles. The van der Waals surface area contributed by atoms with Crippen LogP contribution in [-0.4, -0.2) is 12.6 Å². The Kier molecular flexibility index (Phi) is 4.37. The number of hydrogen-bond acceptors (Lipinski definition) is 3. The molecule has 0 saturated heterocycles. The van der Waals surface area contributed by atoms with E-state index < -0.39 is 23.6 Å². The van der Waals surface area contributed by atoms with Crippen molar-refractivity contribution in [3.8, 4) is 0 Å². The number of carbonyl (C=O) groups is 1. The standard InChI is InChI=1S/C11H13F2NO2/c1-2-16-11(15)6-10(14)7-3-8(12)5-9(13)4-7/h3-5,10H,2,6,14H2,1H3/t10-/m1/s1. The molecule has 1 atom stereocenters. The molecule has 1 rings (SSSR count). The zero-order valence-electron chi connectivity index (χ0n) is 8.87. The van der Waals surface area contributed by atoms with Gasteiger partial charge in [-0.25, -0.2) is 8.78 Å². The van der Waals surface area contributed by atoms with Gasteiger partial charge in [0.15, 0.2) is 0 Å². The Bertz CT molecular complexity index is 362. The second kappa shape index (κ2) is 5.55. The van der Waals surface area contributed by atoms with Crippen LogP contribution < -0.4 is 5.73 Å². The van der Waals surface area contributed by atoms with Crippen LogP contribution in [0.15, 0.2) is 18.2 Å². The van der Waals surface area contributed by atoms with Crippen LogP contribution in [0.5, 0.6) is 0 Å². The number of rotatable bonds is 4. The number of nitrogens with two attached hydrogens (primary N) is 1. The van der Waals surface area contributed by atoms with Crippen molar-refractivity contribution in [2.24, 2.45) is 5.73 Å². The van der Waals surface area contributed by atoms with Gasteiger partial charge < -0.3 is 10.5 Å². The molecule has 0 aliphatic heterocycles. The van der Waals surface area contributed by atoms with Crippen molar-refractivity contribution >= 4 is 5.97 Å². The van der Waals surface area contributed by atoms with E-state index in [0.717, 1.165) is 18.2 Å². The van der Waals surface area contributed by atoms with Crippen molar-refractivity contribution < 1.29 is 18.3 Å². The van der Waals surface area contributed by atoms with E-state index in [1.807, 2.05) is 0 Å². The Balaban J connectivity index is 2.72. The fourth-order valence-corrected chi connectivity index (χ4v) is 1.31. The zero-order valence-corrected chi connectivity index (χ0v) is 8.87. The Morgan fingerprint density at radius 1 is 1.38 bits per heavy atom. The summed E-state index contributed by atoms with van der Waals surface area (Å²) in [6, 6.07) is 2.20. The minimum atomic E-state index is -0.760.